The van der Waals surface area contributed by atoms with E-state index in [4.69, 9.17) is 0 Å². The fourth-order valence-electron chi connectivity index (χ4n) is 7.98. The Morgan fingerprint density at radius 2 is 1.03 bits per heavy atom. The maximum atomic E-state index is 15.1. The summed E-state index contributed by atoms with van der Waals surface area (Å²) < 4.78 is 56.3. The van der Waals surface area contributed by atoms with E-state index in [0.29, 0.717) is 31.1 Å². The Kier molecular flexibility index (Phi) is 8.59. The highest BCUT2D eigenvalue weighted by Gasteiger charge is 2.46. The third kappa shape index (κ3) is 5.71. The largest absolute Gasteiger partial charge is 0.303 e. The SMILES string of the molecule is O=CCCC1CCC(C2CCC(C3CCC(C4CC(F)C(F)C(F)C4)C(F)C3)CC2)CC1. The number of hydrogen-bond donors (Lipinski definition) is 0. The van der Waals surface area contributed by atoms with Gasteiger partial charge in [-0.2, -0.15) is 0 Å². The van der Waals surface area contributed by atoms with E-state index in [9.17, 15) is 18.0 Å². The molecule has 0 bridgehead atoms. The van der Waals surface area contributed by atoms with Crippen LogP contribution in [0.2, 0.25) is 0 Å². The summed E-state index contributed by atoms with van der Waals surface area (Å²) in [5.74, 6) is 2.75. The van der Waals surface area contributed by atoms with Crippen LogP contribution in [0.25, 0.3) is 0 Å². The molecule has 0 aromatic heterocycles. The molecular formula is C27H42F4O. The predicted molar refractivity (Wildman–Crippen MR) is 119 cm³/mol. The Morgan fingerprint density at radius 3 is 1.56 bits per heavy atom. The van der Waals surface area contributed by atoms with Gasteiger partial charge in [0.05, 0.1) is 0 Å². The van der Waals surface area contributed by atoms with Gasteiger partial charge < -0.3 is 4.79 Å². The number of halogens is 4. The molecule has 5 heteroatoms. The predicted octanol–water partition coefficient (Wildman–Crippen LogP) is 7.76. The number of aldehydes is 1. The Morgan fingerprint density at radius 1 is 0.562 bits per heavy atom. The van der Waals surface area contributed by atoms with Gasteiger partial charge in [-0.05, 0) is 118 Å². The molecule has 0 aliphatic heterocycles. The Bertz CT molecular complexity index is 572. The van der Waals surface area contributed by atoms with E-state index in [2.05, 4.69) is 0 Å². The van der Waals surface area contributed by atoms with Gasteiger partial charge in [-0.15, -0.1) is 0 Å². The van der Waals surface area contributed by atoms with Crippen LogP contribution < -0.4 is 0 Å². The molecule has 0 aromatic rings. The van der Waals surface area contributed by atoms with Crippen LogP contribution in [-0.2, 0) is 4.79 Å². The van der Waals surface area contributed by atoms with Crippen LogP contribution in [0.1, 0.15) is 96.3 Å². The van der Waals surface area contributed by atoms with Crippen molar-refractivity contribution in [1.29, 1.82) is 0 Å². The second-order valence-corrected chi connectivity index (χ2v) is 11.7. The minimum Gasteiger partial charge on any atom is -0.303 e. The van der Waals surface area contributed by atoms with Gasteiger partial charge in [-0.3, -0.25) is 0 Å². The monoisotopic (exact) mass is 458 g/mol. The van der Waals surface area contributed by atoms with Crippen LogP contribution in [0.3, 0.4) is 0 Å². The van der Waals surface area contributed by atoms with Crippen molar-refractivity contribution in [2.45, 2.75) is 121 Å². The van der Waals surface area contributed by atoms with Crippen molar-refractivity contribution in [3.8, 4) is 0 Å². The molecule has 32 heavy (non-hydrogen) atoms. The van der Waals surface area contributed by atoms with Gasteiger partial charge in [0.2, 0.25) is 0 Å². The molecule has 5 atom stereocenters. The molecule has 4 fully saturated rings. The van der Waals surface area contributed by atoms with E-state index >= 15 is 4.39 Å². The Hall–Kier alpha value is -0.610. The first kappa shape index (κ1) is 24.5. The average Bonchev–Trinajstić information content (AvgIpc) is 2.81. The summed E-state index contributed by atoms with van der Waals surface area (Å²) in [6.07, 6.45) is 8.51. The van der Waals surface area contributed by atoms with Gasteiger partial charge in [-0.25, -0.2) is 17.6 Å². The van der Waals surface area contributed by atoms with Gasteiger partial charge in [0.25, 0.3) is 0 Å². The van der Waals surface area contributed by atoms with Crippen LogP contribution in [0.15, 0.2) is 0 Å². The third-order valence-corrected chi connectivity index (χ3v) is 9.95. The van der Waals surface area contributed by atoms with E-state index in [1.807, 2.05) is 0 Å². The quantitative estimate of drug-likeness (QED) is 0.294. The number of hydrogen-bond acceptors (Lipinski definition) is 1. The molecule has 4 aliphatic carbocycles. The van der Waals surface area contributed by atoms with Crippen molar-refractivity contribution in [2.24, 2.45) is 41.4 Å². The maximum Gasteiger partial charge on any atom is 0.162 e. The summed E-state index contributed by atoms with van der Waals surface area (Å²) in [6, 6.07) is 0. The van der Waals surface area contributed by atoms with Crippen LogP contribution in [0.5, 0.6) is 0 Å². The normalized spacial score (nSPS) is 48.3. The summed E-state index contributed by atoms with van der Waals surface area (Å²) >= 11 is 0. The molecule has 4 aliphatic rings. The standard InChI is InChI=1S/C27H42F4O/c28-24-14-21(11-12-23(24)22-15-25(29)27(31)26(30)16-22)20-9-7-19(8-10-20)18-5-3-17(4-6-18)2-1-13-32/h13,17-27H,1-12,14-16H2. The molecule has 0 heterocycles. The van der Waals surface area contributed by atoms with Gasteiger partial charge in [0.1, 0.15) is 24.8 Å². The summed E-state index contributed by atoms with van der Waals surface area (Å²) in [5, 5.41) is 0. The second-order valence-electron chi connectivity index (χ2n) is 11.7. The molecule has 4 rings (SSSR count). The Balaban J connectivity index is 1.20. The molecule has 0 spiro atoms. The highest BCUT2D eigenvalue weighted by atomic mass is 19.2. The van der Waals surface area contributed by atoms with Crippen molar-refractivity contribution in [2.75, 3.05) is 0 Å². The minimum absolute atomic E-state index is 0.0140. The van der Waals surface area contributed by atoms with Crippen LogP contribution in [0.4, 0.5) is 17.6 Å². The number of carbonyl (C=O) groups excluding carboxylic acids is 1. The molecule has 0 saturated heterocycles. The molecule has 184 valence electrons. The van der Waals surface area contributed by atoms with Crippen LogP contribution >= 0.6 is 0 Å². The highest BCUT2D eigenvalue weighted by molar-refractivity contribution is 5.49. The highest BCUT2D eigenvalue weighted by Crippen LogP contribution is 2.49. The molecule has 4 saturated carbocycles. The minimum atomic E-state index is -2.03. The fraction of sp³-hybridized carbons (Fsp3) is 0.963. The zero-order chi connectivity index (χ0) is 22.7. The van der Waals surface area contributed by atoms with Crippen LogP contribution in [0, 0.1) is 41.4 Å². The summed E-state index contributed by atoms with van der Waals surface area (Å²) in [5.41, 5.74) is 0. The molecule has 0 amide bonds. The second kappa shape index (κ2) is 11.2. The smallest absolute Gasteiger partial charge is 0.162 e. The first-order chi connectivity index (χ1) is 15.5. The lowest BCUT2D eigenvalue weighted by Gasteiger charge is -2.44. The lowest BCUT2D eigenvalue weighted by Crippen LogP contribution is -2.43. The van der Waals surface area contributed by atoms with E-state index in [-0.39, 0.29) is 24.7 Å². The van der Waals surface area contributed by atoms with Crippen molar-refractivity contribution < 1.29 is 22.4 Å². The molecule has 0 radical (unpaired) electrons. The lowest BCUT2D eigenvalue weighted by atomic mass is 9.62. The summed E-state index contributed by atoms with van der Waals surface area (Å²) in [6.45, 7) is 0. The van der Waals surface area contributed by atoms with Crippen LogP contribution in [-0.4, -0.2) is 31.0 Å². The summed E-state index contributed by atoms with van der Waals surface area (Å²) in [7, 11) is 0. The van der Waals surface area contributed by atoms with Gasteiger partial charge in [0.15, 0.2) is 6.17 Å². The number of rotatable bonds is 6. The number of carbonyl (C=O) groups is 1. The third-order valence-electron chi connectivity index (χ3n) is 9.95. The van der Waals surface area contributed by atoms with E-state index in [1.165, 1.54) is 51.4 Å². The van der Waals surface area contributed by atoms with Gasteiger partial charge >= 0.3 is 0 Å². The maximum absolute atomic E-state index is 15.1. The first-order valence-electron chi connectivity index (χ1n) is 13.5. The van der Waals surface area contributed by atoms with Crippen molar-refractivity contribution >= 4 is 6.29 Å². The Labute approximate surface area is 191 Å². The fourth-order valence-corrected chi connectivity index (χ4v) is 7.98. The van der Waals surface area contributed by atoms with E-state index in [1.54, 1.807) is 0 Å². The van der Waals surface area contributed by atoms with Crippen molar-refractivity contribution in [1.82, 2.24) is 0 Å². The molecule has 0 N–H and O–H groups in total. The average molecular weight is 459 g/mol. The summed E-state index contributed by atoms with van der Waals surface area (Å²) in [4.78, 5) is 10.6. The molecule has 0 aromatic carbocycles. The van der Waals surface area contributed by atoms with Gasteiger partial charge in [0, 0.05) is 6.42 Å². The van der Waals surface area contributed by atoms with Crippen molar-refractivity contribution in [3.05, 3.63) is 0 Å². The number of alkyl halides is 4. The van der Waals surface area contributed by atoms with E-state index in [0.717, 1.165) is 36.9 Å². The zero-order valence-electron chi connectivity index (χ0n) is 19.5. The molecule has 5 unspecified atom stereocenters. The topological polar surface area (TPSA) is 17.1 Å². The molecular weight excluding hydrogens is 416 g/mol. The lowest BCUT2D eigenvalue weighted by molar-refractivity contribution is -0.108. The zero-order valence-corrected chi connectivity index (χ0v) is 19.5. The van der Waals surface area contributed by atoms with E-state index < -0.39 is 24.7 Å². The van der Waals surface area contributed by atoms with Gasteiger partial charge in [-0.1, -0.05) is 12.8 Å². The first-order valence-corrected chi connectivity index (χ1v) is 13.5. The molecule has 1 nitrogen and oxygen atoms in total. The van der Waals surface area contributed by atoms with Crippen molar-refractivity contribution in [3.63, 3.8) is 0 Å².